The fourth-order valence-electron chi connectivity index (χ4n) is 4.62. The van der Waals surface area contributed by atoms with Crippen LogP contribution in [-0.4, -0.2) is 25.7 Å². The number of nitrogens with one attached hydrogen (secondary N) is 1. The number of hydrogen-bond acceptors (Lipinski definition) is 5. The van der Waals surface area contributed by atoms with Gasteiger partial charge in [0, 0.05) is 24.7 Å². The normalized spacial score (nSPS) is 15.5. The third-order valence-electron chi connectivity index (χ3n) is 6.33. The molecule has 0 aliphatic heterocycles. The highest BCUT2D eigenvalue weighted by atomic mass is 32.2. The zero-order chi connectivity index (χ0) is 23.1. The van der Waals surface area contributed by atoms with Crippen LogP contribution in [0.15, 0.2) is 60.0 Å². The Labute approximate surface area is 200 Å². The first kappa shape index (κ1) is 23.5. The third-order valence-corrected chi connectivity index (χ3v) is 7.37. The van der Waals surface area contributed by atoms with Crippen LogP contribution in [0.4, 0.5) is 0 Å². The minimum Gasteiger partial charge on any atom is -0.348 e. The Morgan fingerprint density at radius 3 is 2.48 bits per heavy atom. The van der Waals surface area contributed by atoms with Crippen LogP contribution in [0.1, 0.15) is 62.9 Å². The number of nitrogens with zero attached hydrogens (tertiary/aromatic N) is 4. The average molecular weight is 464 g/mol. The summed E-state index contributed by atoms with van der Waals surface area (Å²) < 4.78 is 2.16. The molecule has 33 heavy (non-hydrogen) atoms. The van der Waals surface area contributed by atoms with Crippen molar-refractivity contribution in [2.75, 3.05) is 0 Å². The molecule has 1 saturated carbocycles. The Bertz CT molecular complexity index is 1030. The Balaban J connectivity index is 1.49. The smallest absolute Gasteiger partial charge is 0.231 e. The molecule has 3 aromatic rings. The van der Waals surface area contributed by atoms with Gasteiger partial charge in [-0.05, 0) is 42.0 Å². The molecular weight excluding hydrogens is 430 g/mol. The molecule has 1 aliphatic rings. The van der Waals surface area contributed by atoms with Crippen molar-refractivity contribution in [3.63, 3.8) is 0 Å². The fraction of sp³-hybridized carbons (Fsp3) is 0.462. The lowest BCUT2D eigenvalue weighted by atomic mass is 9.68. The third kappa shape index (κ3) is 5.64. The Morgan fingerprint density at radius 1 is 1.06 bits per heavy atom. The second-order valence-corrected chi connectivity index (χ2v) is 10.2. The Hall–Kier alpha value is -2.67. The van der Waals surface area contributed by atoms with Gasteiger partial charge in [-0.1, -0.05) is 75.2 Å². The number of rotatable bonds is 9. The van der Waals surface area contributed by atoms with Gasteiger partial charge in [-0.15, -0.1) is 10.2 Å². The van der Waals surface area contributed by atoms with E-state index in [0.717, 1.165) is 54.5 Å². The minimum absolute atomic E-state index is 0.110. The number of carbonyl (C=O) groups is 1. The molecule has 0 saturated heterocycles. The van der Waals surface area contributed by atoms with Crippen molar-refractivity contribution < 1.29 is 4.79 Å². The largest absolute Gasteiger partial charge is 0.348 e. The van der Waals surface area contributed by atoms with E-state index in [1.165, 1.54) is 12.0 Å². The maximum atomic E-state index is 13.6. The molecule has 0 radical (unpaired) electrons. The number of benzene rings is 1. The highest BCUT2D eigenvalue weighted by molar-refractivity contribution is 7.98. The van der Waals surface area contributed by atoms with Crippen molar-refractivity contribution in [1.82, 2.24) is 25.1 Å². The molecule has 0 spiro atoms. The maximum absolute atomic E-state index is 13.6. The summed E-state index contributed by atoms with van der Waals surface area (Å²) in [5, 5.41) is 13.0. The SMILES string of the molecule is CC(C)Cn1c(CNC(=O)C2(c3ccccc3)CCCCC2)nnc1SCc1ccncc1. The number of pyridine rings is 1. The summed E-state index contributed by atoms with van der Waals surface area (Å²) in [6.07, 6.45) is 8.78. The van der Waals surface area contributed by atoms with Crippen LogP contribution >= 0.6 is 11.8 Å². The highest BCUT2D eigenvalue weighted by Crippen LogP contribution is 2.39. The molecule has 1 aromatic carbocycles. The van der Waals surface area contributed by atoms with Crippen LogP contribution in [0.25, 0.3) is 0 Å². The van der Waals surface area contributed by atoms with Gasteiger partial charge in [0.25, 0.3) is 0 Å². The number of carbonyl (C=O) groups excluding carboxylic acids is 1. The van der Waals surface area contributed by atoms with E-state index in [0.29, 0.717) is 12.5 Å². The first-order chi connectivity index (χ1) is 16.1. The molecule has 7 heteroatoms. The van der Waals surface area contributed by atoms with Gasteiger partial charge in [0.05, 0.1) is 12.0 Å². The summed E-state index contributed by atoms with van der Waals surface area (Å²) >= 11 is 1.67. The van der Waals surface area contributed by atoms with E-state index < -0.39 is 5.41 Å². The molecule has 0 bridgehead atoms. The second kappa shape index (κ2) is 11.0. The van der Waals surface area contributed by atoms with E-state index in [4.69, 9.17) is 0 Å². The summed E-state index contributed by atoms with van der Waals surface area (Å²) in [6.45, 7) is 5.59. The summed E-state index contributed by atoms with van der Waals surface area (Å²) in [5.41, 5.74) is 1.88. The first-order valence-corrected chi connectivity index (χ1v) is 12.8. The van der Waals surface area contributed by atoms with Gasteiger partial charge in [-0.3, -0.25) is 9.78 Å². The van der Waals surface area contributed by atoms with Gasteiger partial charge in [-0.2, -0.15) is 0 Å². The lowest BCUT2D eigenvalue weighted by Gasteiger charge is -2.36. The molecule has 1 aliphatic carbocycles. The predicted octanol–water partition coefficient (Wildman–Crippen LogP) is 5.14. The van der Waals surface area contributed by atoms with Crippen molar-refractivity contribution in [2.45, 2.75) is 75.4 Å². The van der Waals surface area contributed by atoms with E-state index in [-0.39, 0.29) is 5.91 Å². The molecule has 1 amide bonds. The van der Waals surface area contributed by atoms with Gasteiger partial charge in [-0.25, -0.2) is 0 Å². The number of thioether (sulfide) groups is 1. The van der Waals surface area contributed by atoms with Gasteiger partial charge >= 0.3 is 0 Å². The van der Waals surface area contributed by atoms with Crippen molar-refractivity contribution in [3.05, 3.63) is 71.8 Å². The fourth-order valence-corrected chi connectivity index (χ4v) is 5.54. The maximum Gasteiger partial charge on any atom is 0.231 e. The predicted molar refractivity (Wildman–Crippen MR) is 132 cm³/mol. The zero-order valence-electron chi connectivity index (χ0n) is 19.5. The molecule has 6 nitrogen and oxygen atoms in total. The molecule has 1 fully saturated rings. The van der Waals surface area contributed by atoms with Crippen LogP contribution in [0.5, 0.6) is 0 Å². The number of amides is 1. The van der Waals surface area contributed by atoms with Gasteiger partial charge < -0.3 is 9.88 Å². The minimum atomic E-state index is -0.443. The van der Waals surface area contributed by atoms with Crippen LogP contribution in [0.3, 0.4) is 0 Å². The van der Waals surface area contributed by atoms with E-state index in [1.54, 1.807) is 11.8 Å². The standard InChI is InChI=1S/C26H33N5OS/c1-20(2)18-31-23(29-30-25(31)33-19-21-11-15-27-16-12-21)17-28-24(32)26(13-7-4-8-14-26)22-9-5-3-6-10-22/h3,5-6,9-12,15-16,20H,4,7-8,13-14,17-19H2,1-2H3,(H,28,32). The zero-order valence-corrected chi connectivity index (χ0v) is 20.4. The lowest BCUT2D eigenvalue weighted by molar-refractivity contribution is -0.128. The van der Waals surface area contributed by atoms with Crippen LogP contribution < -0.4 is 5.32 Å². The lowest BCUT2D eigenvalue weighted by Crippen LogP contribution is -2.45. The van der Waals surface area contributed by atoms with Crippen LogP contribution in [0.2, 0.25) is 0 Å². The number of aromatic nitrogens is 4. The topological polar surface area (TPSA) is 72.7 Å². The molecular formula is C26H33N5OS. The van der Waals surface area contributed by atoms with E-state index in [1.807, 2.05) is 42.7 Å². The Kier molecular flexibility index (Phi) is 7.81. The number of hydrogen-bond donors (Lipinski definition) is 1. The molecule has 4 rings (SSSR count). The monoisotopic (exact) mass is 463 g/mol. The summed E-state index contributed by atoms with van der Waals surface area (Å²) in [4.78, 5) is 17.7. The summed E-state index contributed by atoms with van der Waals surface area (Å²) in [5.74, 6) is 2.18. The van der Waals surface area contributed by atoms with Gasteiger partial charge in [0.1, 0.15) is 0 Å². The summed E-state index contributed by atoms with van der Waals surface area (Å²) in [7, 11) is 0. The Morgan fingerprint density at radius 2 is 1.79 bits per heavy atom. The van der Waals surface area contributed by atoms with Crippen molar-refractivity contribution >= 4 is 17.7 Å². The van der Waals surface area contributed by atoms with E-state index in [2.05, 4.69) is 51.0 Å². The molecule has 2 aromatic heterocycles. The molecule has 1 N–H and O–H groups in total. The second-order valence-electron chi connectivity index (χ2n) is 9.24. The quantitative estimate of drug-likeness (QED) is 0.445. The average Bonchev–Trinajstić information content (AvgIpc) is 3.23. The molecule has 2 heterocycles. The van der Waals surface area contributed by atoms with E-state index >= 15 is 0 Å². The van der Waals surface area contributed by atoms with Crippen molar-refractivity contribution in [1.29, 1.82) is 0 Å². The molecule has 174 valence electrons. The van der Waals surface area contributed by atoms with Crippen molar-refractivity contribution in [2.24, 2.45) is 5.92 Å². The first-order valence-electron chi connectivity index (χ1n) is 11.9. The van der Waals surface area contributed by atoms with E-state index in [9.17, 15) is 4.79 Å². The van der Waals surface area contributed by atoms with Gasteiger partial charge in [0.15, 0.2) is 11.0 Å². The van der Waals surface area contributed by atoms with Crippen LogP contribution in [0, 0.1) is 5.92 Å². The molecule has 0 unspecified atom stereocenters. The highest BCUT2D eigenvalue weighted by Gasteiger charge is 2.40. The van der Waals surface area contributed by atoms with Gasteiger partial charge in [0.2, 0.25) is 5.91 Å². The van der Waals surface area contributed by atoms with Crippen molar-refractivity contribution in [3.8, 4) is 0 Å². The van der Waals surface area contributed by atoms with Crippen LogP contribution in [-0.2, 0) is 29.1 Å². The molecule has 0 atom stereocenters. The summed E-state index contributed by atoms with van der Waals surface area (Å²) in [6, 6.07) is 14.3.